The fourth-order valence-electron chi connectivity index (χ4n) is 2.73. The van der Waals surface area contributed by atoms with Crippen LogP contribution in [0.5, 0.6) is 5.75 Å². The fraction of sp³-hybridized carbons (Fsp3) is 0.318. The first-order valence-corrected chi connectivity index (χ1v) is 9.51. The molecular formula is C22H26ClFN2O2. The van der Waals surface area contributed by atoms with E-state index in [1.165, 1.54) is 0 Å². The molecule has 1 aliphatic heterocycles. The minimum absolute atomic E-state index is 0.00613. The van der Waals surface area contributed by atoms with Crippen molar-refractivity contribution in [1.82, 2.24) is 9.80 Å². The maximum absolute atomic E-state index is 12.6. The molecule has 1 aromatic rings. The molecule has 0 fully saturated rings. The second-order valence-electron chi connectivity index (χ2n) is 6.43. The van der Waals surface area contributed by atoms with Crippen LogP contribution in [0.3, 0.4) is 0 Å². The number of carbonyl (C=O) groups is 1. The second-order valence-corrected chi connectivity index (χ2v) is 6.86. The number of carbonyl (C=O) groups excluding carboxylic acids is 1. The quantitative estimate of drug-likeness (QED) is 0.604. The molecule has 0 N–H and O–H groups in total. The molecule has 0 atom stereocenters. The van der Waals surface area contributed by atoms with Gasteiger partial charge in [0.25, 0.3) is 0 Å². The van der Waals surface area contributed by atoms with E-state index in [9.17, 15) is 9.18 Å². The lowest BCUT2D eigenvalue weighted by atomic mass is 10.0. The number of alkyl halides is 1. The van der Waals surface area contributed by atoms with Crippen molar-refractivity contribution in [3.63, 3.8) is 0 Å². The van der Waals surface area contributed by atoms with E-state index in [2.05, 4.69) is 6.58 Å². The van der Waals surface area contributed by atoms with Gasteiger partial charge in [0.1, 0.15) is 19.0 Å². The van der Waals surface area contributed by atoms with Crippen molar-refractivity contribution in [2.24, 2.45) is 0 Å². The molecule has 0 unspecified atom stereocenters. The predicted molar refractivity (Wildman–Crippen MR) is 112 cm³/mol. The smallest absolute Gasteiger partial charge is 0.228 e. The molecule has 1 aliphatic rings. The highest BCUT2D eigenvalue weighted by atomic mass is 35.5. The molecule has 1 heterocycles. The van der Waals surface area contributed by atoms with E-state index < -0.39 is 6.67 Å². The molecule has 4 nitrogen and oxygen atoms in total. The average molecular weight is 405 g/mol. The van der Waals surface area contributed by atoms with Gasteiger partial charge in [-0.2, -0.15) is 0 Å². The van der Waals surface area contributed by atoms with Crippen molar-refractivity contribution in [2.75, 3.05) is 26.9 Å². The van der Waals surface area contributed by atoms with Crippen molar-refractivity contribution in [3.8, 4) is 5.75 Å². The van der Waals surface area contributed by atoms with Crippen LogP contribution in [0.4, 0.5) is 4.39 Å². The SMILES string of the molecule is C=C1C=CC(Cl)=CN1/C(CC(=O)N(C)CC)=C(\C)c1ccc(OCCF)cc1. The summed E-state index contributed by atoms with van der Waals surface area (Å²) in [6.45, 7) is 8.08. The average Bonchev–Trinajstić information content (AvgIpc) is 2.71. The molecule has 1 aromatic carbocycles. The highest BCUT2D eigenvalue weighted by Crippen LogP contribution is 2.31. The maximum atomic E-state index is 12.6. The number of halogens is 2. The van der Waals surface area contributed by atoms with Crippen LogP contribution in [-0.2, 0) is 4.79 Å². The zero-order valence-corrected chi connectivity index (χ0v) is 17.3. The summed E-state index contributed by atoms with van der Waals surface area (Å²) >= 11 is 6.19. The Balaban J connectivity index is 2.42. The molecule has 28 heavy (non-hydrogen) atoms. The van der Waals surface area contributed by atoms with Crippen LogP contribution >= 0.6 is 11.6 Å². The molecule has 6 heteroatoms. The topological polar surface area (TPSA) is 32.8 Å². The lowest BCUT2D eigenvalue weighted by Crippen LogP contribution is -2.29. The molecule has 0 saturated carbocycles. The Labute approximate surface area is 171 Å². The van der Waals surface area contributed by atoms with Gasteiger partial charge in [-0.15, -0.1) is 0 Å². The van der Waals surface area contributed by atoms with E-state index >= 15 is 0 Å². The van der Waals surface area contributed by atoms with E-state index in [0.29, 0.717) is 17.3 Å². The Morgan fingerprint density at radius 1 is 1.29 bits per heavy atom. The van der Waals surface area contributed by atoms with Gasteiger partial charge in [0.05, 0.1) is 11.5 Å². The van der Waals surface area contributed by atoms with Gasteiger partial charge in [-0.05, 0) is 49.3 Å². The minimum Gasteiger partial charge on any atom is -0.491 e. The molecule has 0 spiro atoms. The molecule has 0 aliphatic carbocycles. The fourth-order valence-corrected chi connectivity index (χ4v) is 2.89. The third kappa shape index (κ3) is 5.49. The van der Waals surface area contributed by atoms with Crippen molar-refractivity contribution in [1.29, 1.82) is 0 Å². The summed E-state index contributed by atoms with van der Waals surface area (Å²) in [7, 11) is 1.78. The zero-order valence-electron chi connectivity index (χ0n) is 16.5. The first kappa shape index (κ1) is 21.8. The number of benzene rings is 1. The number of hydrogen-bond acceptors (Lipinski definition) is 3. The number of rotatable bonds is 8. The van der Waals surface area contributed by atoms with Gasteiger partial charge in [0, 0.05) is 31.2 Å². The van der Waals surface area contributed by atoms with Crippen LogP contribution in [0.1, 0.15) is 25.8 Å². The van der Waals surface area contributed by atoms with Crippen molar-refractivity contribution in [3.05, 3.63) is 71.2 Å². The Bertz CT molecular complexity index is 812. The molecule has 2 rings (SSSR count). The maximum Gasteiger partial charge on any atom is 0.228 e. The second kappa shape index (κ2) is 10.1. The van der Waals surface area contributed by atoms with Crippen molar-refractivity contribution in [2.45, 2.75) is 20.3 Å². The molecular weight excluding hydrogens is 379 g/mol. The Hall–Kier alpha value is -2.53. The summed E-state index contributed by atoms with van der Waals surface area (Å²) in [6, 6.07) is 7.37. The summed E-state index contributed by atoms with van der Waals surface area (Å²) in [5, 5.41) is 0.559. The third-order valence-corrected chi connectivity index (χ3v) is 4.80. The lowest BCUT2D eigenvalue weighted by molar-refractivity contribution is -0.129. The van der Waals surface area contributed by atoms with Crippen LogP contribution in [0, 0.1) is 0 Å². The molecule has 0 radical (unpaired) electrons. The van der Waals surface area contributed by atoms with E-state index in [1.807, 2.05) is 37.0 Å². The largest absolute Gasteiger partial charge is 0.491 e. The van der Waals surface area contributed by atoms with Gasteiger partial charge in [-0.1, -0.05) is 30.3 Å². The summed E-state index contributed by atoms with van der Waals surface area (Å²) in [4.78, 5) is 16.2. The molecule has 150 valence electrons. The van der Waals surface area contributed by atoms with Gasteiger partial charge in [-0.25, -0.2) is 4.39 Å². The van der Waals surface area contributed by atoms with Gasteiger partial charge in [0.15, 0.2) is 0 Å². The van der Waals surface area contributed by atoms with E-state index in [1.54, 1.807) is 36.4 Å². The van der Waals surface area contributed by atoms with Crippen LogP contribution < -0.4 is 4.74 Å². The molecule has 0 saturated heterocycles. The van der Waals surface area contributed by atoms with E-state index in [4.69, 9.17) is 16.3 Å². The first-order chi connectivity index (χ1) is 13.4. The Kier molecular flexibility index (Phi) is 7.88. The summed E-state index contributed by atoms with van der Waals surface area (Å²) in [5.74, 6) is 0.609. The van der Waals surface area contributed by atoms with E-state index in [0.717, 1.165) is 22.5 Å². The Morgan fingerprint density at radius 2 is 1.96 bits per heavy atom. The molecule has 0 bridgehead atoms. The number of nitrogens with zero attached hydrogens (tertiary/aromatic N) is 2. The van der Waals surface area contributed by atoms with Crippen molar-refractivity contribution >= 4 is 23.1 Å². The summed E-state index contributed by atoms with van der Waals surface area (Å²) in [6.07, 6.45) is 5.56. The summed E-state index contributed by atoms with van der Waals surface area (Å²) < 4.78 is 17.6. The predicted octanol–water partition coefficient (Wildman–Crippen LogP) is 5.10. The number of hydrogen-bond donors (Lipinski definition) is 0. The highest BCUT2D eigenvalue weighted by molar-refractivity contribution is 6.31. The van der Waals surface area contributed by atoms with Gasteiger partial charge >= 0.3 is 0 Å². The first-order valence-electron chi connectivity index (χ1n) is 9.13. The number of allylic oxidation sites excluding steroid dienone is 4. The molecule has 0 aromatic heterocycles. The standard InChI is InChI=1S/C22H26ClFN2O2/c1-5-25(4)22(27)14-21(26-15-19(23)9-6-16(26)2)17(3)18-7-10-20(11-8-18)28-13-12-24/h6-11,15H,2,5,12-14H2,1,3-4H3/b21-17+. The normalized spacial score (nSPS) is 14.5. The third-order valence-electron chi connectivity index (χ3n) is 4.57. The van der Waals surface area contributed by atoms with Gasteiger partial charge in [0.2, 0.25) is 5.91 Å². The zero-order chi connectivity index (χ0) is 20.7. The van der Waals surface area contributed by atoms with Crippen LogP contribution in [0.2, 0.25) is 0 Å². The van der Waals surface area contributed by atoms with Crippen molar-refractivity contribution < 1.29 is 13.9 Å². The van der Waals surface area contributed by atoms with Crippen LogP contribution in [0.15, 0.2) is 65.6 Å². The Morgan fingerprint density at radius 3 is 2.57 bits per heavy atom. The van der Waals surface area contributed by atoms with Crippen LogP contribution in [-0.4, -0.2) is 42.6 Å². The molecule has 1 amide bonds. The van der Waals surface area contributed by atoms with Crippen LogP contribution in [0.25, 0.3) is 5.57 Å². The lowest BCUT2D eigenvalue weighted by Gasteiger charge is -2.29. The number of amides is 1. The highest BCUT2D eigenvalue weighted by Gasteiger charge is 2.21. The van der Waals surface area contributed by atoms with Gasteiger partial charge < -0.3 is 14.5 Å². The number of ether oxygens (including phenoxy) is 1. The summed E-state index contributed by atoms with van der Waals surface area (Å²) in [5.41, 5.74) is 3.39. The van der Waals surface area contributed by atoms with E-state index in [-0.39, 0.29) is 18.9 Å². The van der Waals surface area contributed by atoms with Gasteiger partial charge in [-0.3, -0.25) is 4.79 Å². The minimum atomic E-state index is -0.532. The monoisotopic (exact) mass is 404 g/mol.